The van der Waals surface area contributed by atoms with Crippen LogP contribution in [0.4, 0.5) is 0 Å². The molecule has 1 aliphatic heterocycles. The summed E-state index contributed by atoms with van der Waals surface area (Å²) in [6, 6.07) is 9.78. The van der Waals surface area contributed by atoms with Gasteiger partial charge >= 0.3 is 0 Å². The fourth-order valence-electron chi connectivity index (χ4n) is 3.60. The minimum absolute atomic E-state index is 0.133. The van der Waals surface area contributed by atoms with Crippen LogP contribution in [0.1, 0.15) is 38.2 Å². The van der Waals surface area contributed by atoms with Crippen LogP contribution in [-0.4, -0.2) is 51.2 Å². The van der Waals surface area contributed by atoms with E-state index in [-0.39, 0.29) is 11.9 Å². The molecule has 0 aliphatic carbocycles. The molecule has 7 nitrogen and oxygen atoms in total. The van der Waals surface area contributed by atoms with Crippen molar-refractivity contribution < 1.29 is 14.3 Å². The third-order valence-corrected chi connectivity index (χ3v) is 5.36. The normalized spacial score (nSPS) is 16.7. The fourth-order valence-corrected chi connectivity index (χ4v) is 3.60. The summed E-state index contributed by atoms with van der Waals surface area (Å²) in [6.07, 6.45) is 2.33. The summed E-state index contributed by atoms with van der Waals surface area (Å²) in [5.74, 6) is 5.97. The zero-order valence-corrected chi connectivity index (χ0v) is 17.9. The highest BCUT2D eigenvalue weighted by Gasteiger charge is 2.26. The Bertz CT molecular complexity index is 981. The maximum absolute atomic E-state index is 12.8. The summed E-state index contributed by atoms with van der Waals surface area (Å²) in [6.45, 7) is 4.86. The van der Waals surface area contributed by atoms with Crippen molar-refractivity contribution in [2.75, 3.05) is 27.4 Å². The van der Waals surface area contributed by atoms with Gasteiger partial charge in [-0.2, -0.15) is 5.10 Å². The minimum atomic E-state index is -0.171. The van der Waals surface area contributed by atoms with Crippen molar-refractivity contribution in [2.45, 2.75) is 26.3 Å². The van der Waals surface area contributed by atoms with Crippen molar-refractivity contribution in [2.24, 2.45) is 15.9 Å². The van der Waals surface area contributed by atoms with E-state index in [1.165, 1.54) is 0 Å². The number of nitrogens with two attached hydrogens (primary N) is 1. The summed E-state index contributed by atoms with van der Waals surface area (Å²) >= 11 is 0. The van der Waals surface area contributed by atoms with Gasteiger partial charge in [0.25, 0.3) is 5.91 Å². The van der Waals surface area contributed by atoms with Gasteiger partial charge in [-0.25, -0.2) is 0 Å². The molecule has 30 heavy (non-hydrogen) atoms. The smallest absolute Gasteiger partial charge is 0.255 e. The second kappa shape index (κ2) is 9.54. The molecule has 0 fully saturated rings. The summed E-state index contributed by atoms with van der Waals surface area (Å²) in [5, 5.41) is 6.76. The van der Waals surface area contributed by atoms with Gasteiger partial charge in [0.15, 0.2) is 0 Å². The second-order valence-electron chi connectivity index (χ2n) is 7.37. The summed E-state index contributed by atoms with van der Waals surface area (Å²) < 4.78 is 11.1. The van der Waals surface area contributed by atoms with E-state index in [1.54, 1.807) is 20.4 Å². The molecular formula is C23H28N4O3. The maximum Gasteiger partial charge on any atom is 0.255 e. The van der Waals surface area contributed by atoms with Crippen LogP contribution >= 0.6 is 0 Å². The van der Waals surface area contributed by atoms with Gasteiger partial charge in [-0.15, -0.1) is 0 Å². The Hall–Kier alpha value is -3.19. The van der Waals surface area contributed by atoms with Crippen molar-refractivity contribution >= 4 is 17.8 Å². The molecule has 0 saturated carbocycles. The van der Waals surface area contributed by atoms with Crippen LogP contribution in [0.25, 0.3) is 0 Å². The van der Waals surface area contributed by atoms with E-state index in [0.29, 0.717) is 36.7 Å². The zero-order chi connectivity index (χ0) is 21.7. The Balaban J connectivity index is 1.89. The Morgan fingerprint density at radius 3 is 2.67 bits per heavy atom. The summed E-state index contributed by atoms with van der Waals surface area (Å²) in [4.78, 5) is 16.8. The van der Waals surface area contributed by atoms with E-state index < -0.39 is 0 Å². The monoisotopic (exact) mass is 408 g/mol. The number of hydrazone groups is 1. The fraction of sp³-hybridized carbons (Fsp3) is 0.348. The molecule has 2 aromatic rings. The van der Waals surface area contributed by atoms with Crippen molar-refractivity contribution in [3.8, 4) is 5.75 Å². The van der Waals surface area contributed by atoms with Crippen LogP contribution in [0, 0.1) is 13.8 Å². The molecule has 1 amide bonds. The third kappa shape index (κ3) is 4.52. The van der Waals surface area contributed by atoms with Gasteiger partial charge in [0.2, 0.25) is 0 Å². The molecule has 1 atom stereocenters. The molecule has 7 heteroatoms. The largest absolute Gasteiger partial charge is 0.490 e. The number of benzene rings is 2. The molecule has 2 aromatic carbocycles. The molecule has 3 rings (SSSR count). The third-order valence-electron chi connectivity index (χ3n) is 5.36. The second-order valence-corrected chi connectivity index (χ2v) is 7.37. The molecule has 0 radical (unpaired) electrons. The van der Waals surface area contributed by atoms with Gasteiger partial charge in [-0.1, -0.05) is 24.3 Å². The lowest BCUT2D eigenvalue weighted by Crippen LogP contribution is -2.40. The van der Waals surface area contributed by atoms with Crippen molar-refractivity contribution in [1.82, 2.24) is 5.32 Å². The van der Waals surface area contributed by atoms with Crippen LogP contribution < -0.4 is 15.9 Å². The standard InChI is InChI=1S/C23H28N4O3/c1-14-15(2)22-20(23(28)26-19(12-29-4)13-30-22)10-18(14)9-16-5-7-17(8-6-16)21(27-24)11-25-3/h5-8,10-11,19H,9,12-13,24H2,1-4H3,(H,26,28)/b25-11?,27-21+. The number of nitrogens with one attached hydrogen (secondary N) is 1. The molecule has 1 unspecified atom stereocenters. The van der Waals surface area contributed by atoms with E-state index in [4.69, 9.17) is 15.3 Å². The highest BCUT2D eigenvalue weighted by Crippen LogP contribution is 2.32. The summed E-state index contributed by atoms with van der Waals surface area (Å²) in [5.41, 5.74) is 6.42. The highest BCUT2D eigenvalue weighted by molar-refractivity contribution is 6.38. The average Bonchev–Trinajstić information content (AvgIpc) is 2.90. The maximum atomic E-state index is 12.8. The number of methoxy groups -OCH3 is 1. The Kier molecular flexibility index (Phi) is 6.84. The van der Waals surface area contributed by atoms with Crippen molar-refractivity contribution in [3.63, 3.8) is 0 Å². The van der Waals surface area contributed by atoms with Crippen molar-refractivity contribution in [1.29, 1.82) is 0 Å². The first kappa shape index (κ1) is 21.5. The minimum Gasteiger partial charge on any atom is -0.490 e. The molecule has 1 aliphatic rings. The number of ether oxygens (including phenoxy) is 2. The number of carbonyl (C=O) groups is 1. The molecule has 1 heterocycles. The van der Waals surface area contributed by atoms with E-state index >= 15 is 0 Å². The number of amides is 1. The molecule has 158 valence electrons. The first-order valence-corrected chi connectivity index (χ1v) is 9.83. The van der Waals surface area contributed by atoms with Crippen LogP contribution in [0.2, 0.25) is 0 Å². The SMILES string of the molecule is CN=C/C(=N\N)c1ccc(Cc2cc3c(c(C)c2C)OCC(COC)NC3=O)cc1. The number of rotatable bonds is 6. The molecule has 0 aromatic heterocycles. The Labute approximate surface area is 177 Å². The van der Waals surface area contributed by atoms with Crippen LogP contribution in [-0.2, 0) is 11.2 Å². The highest BCUT2D eigenvalue weighted by atomic mass is 16.5. The lowest BCUT2D eigenvalue weighted by atomic mass is 9.93. The van der Waals surface area contributed by atoms with Gasteiger partial charge < -0.3 is 20.6 Å². The lowest BCUT2D eigenvalue weighted by molar-refractivity contribution is 0.0886. The predicted octanol–water partition coefficient (Wildman–Crippen LogP) is 2.39. The zero-order valence-electron chi connectivity index (χ0n) is 17.9. The van der Waals surface area contributed by atoms with Gasteiger partial charge in [-0.05, 0) is 48.6 Å². The number of hydrogen-bond donors (Lipinski definition) is 2. The van der Waals surface area contributed by atoms with E-state index in [1.807, 2.05) is 37.3 Å². The van der Waals surface area contributed by atoms with Crippen molar-refractivity contribution in [3.05, 3.63) is 63.7 Å². The number of fused-ring (bicyclic) bond motifs is 1. The number of hydrogen-bond acceptors (Lipinski definition) is 6. The molecule has 0 spiro atoms. The predicted molar refractivity (Wildman–Crippen MR) is 119 cm³/mol. The Morgan fingerprint density at radius 2 is 2.03 bits per heavy atom. The molecular weight excluding hydrogens is 380 g/mol. The first-order valence-electron chi connectivity index (χ1n) is 9.83. The van der Waals surface area contributed by atoms with Crippen LogP contribution in [0.5, 0.6) is 5.75 Å². The van der Waals surface area contributed by atoms with Gasteiger partial charge in [-0.3, -0.25) is 9.79 Å². The van der Waals surface area contributed by atoms with Gasteiger partial charge in [0.05, 0.1) is 18.2 Å². The van der Waals surface area contributed by atoms with Gasteiger partial charge in [0.1, 0.15) is 18.1 Å². The number of aliphatic imine (C=N–C) groups is 1. The van der Waals surface area contributed by atoms with E-state index in [2.05, 4.69) is 22.3 Å². The molecule has 0 bridgehead atoms. The van der Waals surface area contributed by atoms with Crippen LogP contribution in [0.3, 0.4) is 0 Å². The first-order chi connectivity index (χ1) is 14.5. The summed E-state index contributed by atoms with van der Waals surface area (Å²) in [7, 11) is 3.29. The quantitative estimate of drug-likeness (QED) is 0.436. The topological polar surface area (TPSA) is 98.3 Å². The molecule has 3 N–H and O–H groups in total. The molecule has 0 saturated heterocycles. The lowest BCUT2D eigenvalue weighted by Gasteiger charge is -2.16. The van der Waals surface area contributed by atoms with E-state index in [9.17, 15) is 4.79 Å². The number of nitrogens with zero attached hydrogens (tertiary/aromatic N) is 2. The Morgan fingerprint density at radius 1 is 1.30 bits per heavy atom. The van der Waals surface area contributed by atoms with Crippen LogP contribution in [0.15, 0.2) is 40.4 Å². The van der Waals surface area contributed by atoms with E-state index in [0.717, 1.165) is 27.8 Å². The average molecular weight is 409 g/mol. The number of carbonyl (C=O) groups excluding carboxylic acids is 1. The van der Waals surface area contributed by atoms with Gasteiger partial charge in [0, 0.05) is 25.9 Å².